The van der Waals surface area contributed by atoms with Crippen LogP contribution in [0, 0.1) is 11.8 Å². The van der Waals surface area contributed by atoms with Gasteiger partial charge in [-0.15, -0.1) is 0 Å². The Bertz CT molecular complexity index is 212. The van der Waals surface area contributed by atoms with Gasteiger partial charge >= 0.3 is 0 Å². The molecule has 16 heavy (non-hydrogen) atoms. The van der Waals surface area contributed by atoms with Crippen LogP contribution in [0.5, 0.6) is 0 Å². The van der Waals surface area contributed by atoms with Gasteiger partial charge in [0.2, 0.25) is 5.91 Å². The number of amides is 1. The van der Waals surface area contributed by atoms with Crippen LogP contribution in [0.25, 0.3) is 0 Å². The highest BCUT2D eigenvalue weighted by atomic mass is 79.9. The first kappa shape index (κ1) is 14.0. The predicted molar refractivity (Wildman–Crippen MR) is 71.8 cm³/mol. The van der Waals surface area contributed by atoms with Crippen LogP contribution in [0.1, 0.15) is 52.4 Å². The molecule has 0 aromatic rings. The summed E-state index contributed by atoms with van der Waals surface area (Å²) in [5, 5.41) is 4.00. The van der Waals surface area contributed by atoms with Crippen molar-refractivity contribution < 1.29 is 4.79 Å². The van der Waals surface area contributed by atoms with Crippen LogP contribution in [0.3, 0.4) is 0 Å². The molecule has 94 valence electrons. The zero-order valence-corrected chi connectivity index (χ0v) is 12.1. The van der Waals surface area contributed by atoms with E-state index in [-0.39, 0.29) is 5.91 Å². The molecule has 1 saturated carbocycles. The summed E-state index contributed by atoms with van der Waals surface area (Å²) in [5.74, 6) is 1.53. The van der Waals surface area contributed by atoms with Gasteiger partial charge in [-0.05, 0) is 31.1 Å². The normalized spacial score (nSPS) is 19.0. The van der Waals surface area contributed by atoms with Crippen molar-refractivity contribution in [1.29, 1.82) is 0 Å². The lowest BCUT2D eigenvalue weighted by Crippen LogP contribution is -2.37. The Kier molecular flexibility index (Phi) is 6.40. The summed E-state index contributed by atoms with van der Waals surface area (Å²) in [7, 11) is 0. The molecule has 1 aliphatic rings. The molecule has 0 spiro atoms. The van der Waals surface area contributed by atoms with E-state index in [9.17, 15) is 4.79 Å². The molecule has 3 heteroatoms. The van der Waals surface area contributed by atoms with Gasteiger partial charge in [-0.25, -0.2) is 0 Å². The van der Waals surface area contributed by atoms with E-state index >= 15 is 0 Å². The third kappa shape index (κ3) is 5.33. The van der Waals surface area contributed by atoms with E-state index < -0.39 is 0 Å². The van der Waals surface area contributed by atoms with Gasteiger partial charge in [-0.2, -0.15) is 0 Å². The van der Waals surface area contributed by atoms with Gasteiger partial charge in [0.25, 0.3) is 0 Å². The molecule has 0 saturated heterocycles. The Morgan fingerprint density at radius 1 is 1.38 bits per heavy atom. The third-order valence-corrected chi connectivity index (χ3v) is 4.04. The molecule has 0 aromatic carbocycles. The van der Waals surface area contributed by atoms with E-state index in [1.807, 2.05) is 0 Å². The van der Waals surface area contributed by atoms with Crippen molar-refractivity contribution >= 4 is 21.8 Å². The quantitative estimate of drug-likeness (QED) is 0.745. The van der Waals surface area contributed by atoms with Crippen molar-refractivity contribution in [2.24, 2.45) is 11.8 Å². The molecule has 1 rings (SSSR count). The molecule has 1 N–H and O–H groups in total. The fourth-order valence-electron chi connectivity index (χ4n) is 2.49. The number of carbonyl (C=O) groups is 1. The van der Waals surface area contributed by atoms with Gasteiger partial charge in [-0.3, -0.25) is 4.79 Å². The second kappa shape index (κ2) is 7.31. The van der Waals surface area contributed by atoms with Crippen LogP contribution in [-0.2, 0) is 4.79 Å². The summed E-state index contributed by atoms with van der Waals surface area (Å²) in [6.45, 7) is 4.39. The van der Waals surface area contributed by atoms with Crippen LogP contribution in [0.15, 0.2) is 0 Å². The monoisotopic (exact) mass is 289 g/mol. The van der Waals surface area contributed by atoms with Crippen molar-refractivity contribution in [2.75, 3.05) is 5.33 Å². The first-order valence-corrected chi connectivity index (χ1v) is 7.59. The summed E-state index contributed by atoms with van der Waals surface area (Å²) >= 11 is 3.47. The minimum absolute atomic E-state index is 0.247. The predicted octanol–water partition coefficient (Wildman–Crippen LogP) is 3.49. The van der Waals surface area contributed by atoms with Crippen LogP contribution in [0.4, 0.5) is 0 Å². The second-order valence-electron chi connectivity index (χ2n) is 5.40. The summed E-state index contributed by atoms with van der Waals surface area (Å²) in [5.41, 5.74) is 0. The molecule has 0 radical (unpaired) electrons. The topological polar surface area (TPSA) is 29.1 Å². The van der Waals surface area contributed by atoms with Gasteiger partial charge in [0, 0.05) is 17.8 Å². The van der Waals surface area contributed by atoms with E-state index in [0.29, 0.717) is 17.9 Å². The molecule has 1 atom stereocenters. The highest BCUT2D eigenvalue weighted by Gasteiger charge is 2.20. The third-order valence-electron chi connectivity index (χ3n) is 3.26. The Balaban J connectivity index is 2.24. The van der Waals surface area contributed by atoms with Gasteiger partial charge in [0.05, 0.1) is 0 Å². The van der Waals surface area contributed by atoms with Gasteiger partial charge < -0.3 is 5.32 Å². The Morgan fingerprint density at radius 2 is 2.00 bits per heavy atom. The van der Waals surface area contributed by atoms with E-state index in [1.165, 1.54) is 25.7 Å². The van der Waals surface area contributed by atoms with E-state index in [0.717, 1.165) is 18.2 Å². The van der Waals surface area contributed by atoms with Crippen LogP contribution in [0.2, 0.25) is 0 Å². The van der Waals surface area contributed by atoms with Crippen LogP contribution < -0.4 is 5.32 Å². The van der Waals surface area contributed by atoms with E-state index in [4.69, 9.17) is 0 Å². The van der Waals surface area contributed by atoms with Crippen LogP contribution >= 0.6 is 15.9 Å². The lowest BCUT2D eigenvalue weighted by atomic mass is 10.0. The van der Waals surface area contributed by atoms with Gasteiger partial charge in [-0.1, -0.05) is 42.6 Å². The Morgan fingerprint density at radius 3 is 2.50 bits per heavy atom. The second-order valence-corrected chi connectivity index (χ2v) is 6.05. The number of alkyl halides is 1. The largest absolute Gasteiger partial charge is 0.353 e. The van der Waals surface area contributed by atoms with Crippen molar-refractivity contribution in [2.45, 2.75) is 58.4 Å². The minimum Gasteiger partial charge on any atom is -0.353 e. The lowest BCUT2D eigenvalue weighted by Gasteiger charge is -2.19. The number of carbonyl (C=O) groups excluding carboxylic acids is 1. The molecule has 0 heterocycles. The number of hydrogen-bond acceptors (Lipinski definition) is 1. The molecule has 2 nitrogen and oxygen atoms in total. The van der Waals surface area contributed by atoms with Gasteiger partial charge in [0.1, 0.15) is 0 Å². The molecule has 1 fully saturated rings. The summed E-state index contributed by atoms with van der Waals surface area (Å²) in [6.07, 6.45) is 6.91. The molecule has 1 aliphatic carbocycles. The lowest BCUT2D eigenvalue weighted by molar-refractivity contribution is -0.122. The zero-order chi connectivity index (χ0) is 12.0. The van der Waals surface area contributed by atoms with Crippen molar-refractivity contribution in [3.8, 4) is 0 Å². The SMILES string of the molecule is CC(C)CC(CBr)NC(=O)CC1CCCC1. The smallest absolute Gasteiger partial charge is 0.220 e. The summed E-state index contributed by atoms with van der Waals surface area (Å²) < 4.78 is 0. The Hall–Kier alpha value is -0.0500. The molecular weight excluding hydrogens is 266 g/mol. The number of rotatable bonds is 6. The highest BCUT2D eigenvalue weighted by Crippen LogP contribution is 2.27. The van der Waals surface area contributed by atoms with Crippen molar-refractivity contribution in [3.63, 3.8) is 0 Å². The maximum atomic E-state index is 11.8. The molecule has 0 aliphatic heterocycles. The molecule has 0 aromatic heterocycles. The first-order valence-electron chi connectivity index (χ1n) is 6.47. The first-order chi connectivity index (χ1) is 7.61. The average molecular weight is 290 g/mol. The summed E-state index contributed by atoms with van der Waals surface area (Å²) in [4.78, 5) is 11.8. The minimum atomic E-state index is 0.247. The maximum absolute atomic E-state index is 11.8. The van der Waals surface area contributed by atoms with Crippen molar-refractivity contribution in [1.82, 2.24) is 5.32 Å². The fourth-order valence-corrected chi connectivity index (χ4v) is 2.92. The molecule has 1 amide bonds. The summed E-state index contributed by atoms with van der Waals surface area (Å²) in [6, 6.07) is 0.300. The maximum Gasteiger partial charge on any atom is 0.220 e. The fraction of sp³-hybridized carbons (Fsp3) is 0.923. The highest BCUT2D eigenvalue weighted by molar-refractivity contribution is 9.09. The molecule has 0 bridgehead atoms. The molecular formula is C13H24BrNO. The number of hydrogen-bond donors (Lipinski definition) is 1. The molecule has 1 unspecified atom stereocenters. The standard InChI is InChI=1S/C13H24BrNO/c1-10(2)7-12(9-14)15-13(16)8-11-5-3-4-6-11/h10-12H,3-9H2,1-2H3,(H,15,16). The Labute approximate surface area is 108 Å². The average Bonchev–Trinajstić information content (AvgIpc) is 2.68. The van der Waals surface area contributed by atoms with Crippen LogP contribution in [-0.4, -0.2) is 17.3 Å². The number of halogens is 1. The number of nitrogens with one attached hydrogen (secondary N) is 1. The van der Waals surface area contributed by atoms with Gasteiger partial charge in [0.15, 0.2) is 0 Å². The zero-order valence-electron chi connectivity index (χ0n) is 10.5. The van der Waals surface area contributed by atoms with E-state index in [2.05, 4.69) is 35.1 Å². The van der Waals surface area contributed by atoms with E-state index in [1.54, 1.807) is 0 Å². The van der Waals surface area contributed by atoms with Crippen molar-refractivity contribution in [3.05, 3.63) is 0 Å².